The van der Waals surface area contributed by atoms with Crippen molar-refractivity contribution in [2.45, 2.75) is 27.2 Å². The van der Waals surface area contributed by atoms with E-state index in [-0.39, 0.29) is 12.6 Å². The summed E-state index contributed by atoms with van der Waals surface area (Å²) in [6.07, 6.45) is 0.443. The number of carbonyl (C=O) groups excluding carboxylic acids is 1. The molecule has 0 aromatic carbocycles. The Balaban J connectivity index is 2.37. The molecule has 0 aliphatic rings. The van der Waals surface area contributed by atoms with Crippen LogP contribution in [-0.4, -0.2) is 51.8 Å². The summed E-state index contributed by atoms with van der Waals surface area (Å²) in [5, 5.41) is 15.2. The fourth-order valence-corrected chi connectivity index (χ4v) is 1.59. The van der Waals surface area contributed by atoms with E-state index in [4.69, 9.17) is 9.63 Å². The van der Waals surface area contributed by atoms with Gasteiger partial charge in [0.2, 0.25) is 5.89 Å². The monoisotopic (exact) mass is 284 g/mol. The molecular weight excluding hydrogens is 264 g/mol. The minimum Gasteiger partial charge on any atom is -0.481 e. The van der Waals surface area contributed by atoms with Crippen LogP contribution < -0.4 is 5.32 Å². The van der Waals surface area contributed by atoms with Crippen molar-refractivity contribution < 1.29 is 19.2 Å². The molecule has 1 heterocycles. The topological polar surface area (TPSA) is 109 Å². The number of amides is 2. The zero-order chi connectivity index (χ0) is 15.1. The quantitative estimate of drug-likeness (QED) is 0.762. The van der Waals surface area contributed by atoms with Crippen LogP contribution in [0.25, 0.3) is 0 Å². The van der Waals surface area contributed by atoms with E-state index in [2.05, 4.69) is 15.5 Å². The van der Waals surface area contributed by atoms with E-state index in [1.54, 1.807) is 20.8 Å². The number of rotatable bonds is 7. The van der Waals surface area contributed by atoms with Crippen LogP contribution >= 0.6 is 0 Å². The lowest BCUT2D eigenvalue weighted by Gasteiger charge is -2.23. The van der Waals surface area contributed by atoms with Gasteiger partial charge in [-0.3, -0.25) is 4.79 Å². The number of aromatic nitrogens is 2. The third-order valence-electron chi connectivity index (χ3n) is 2.77. The first-order valence-electron chi connectivity index (χ1n) is 6.48. The molecule has 0 fully saturated rings. The van der Waals surface area contributed by atoms with E-state index in [1.165, 1.54) is 4.90 Å². The lowest BCUT2D eigenvalue weighted by molar-refractivity contribution is -0.141. The van der Waals surface area contributed by atoms with Crippen molar-refractivity contribution in [1.82, 2.24) is 20.4 Å². The van der Waals surface area contributed by atoms with Crippen LogP contribution in [0.1, 0.15) is 25.6 Å². The Kier molecular flexibility index (Phi) is 5.95. The molecule has 1 rings (SSSR count). The standard InChI is InChI=1S/C12H20N4O4/c1-4-16(7-8(2)11(17)18)12(19)13-6-5-10-14-9(3)15-20-10/h8H,4-7H2,1-3H3,(H,13,19)(H,17,18). The molecule has 0 radical (unpaired) electrons. The zero-order valence-electron chi connectivity index (χ0n) is 11.9. The van der Waals surface area contributed by atoms with Gasteiger partial charge >= 0.3 is 12.0 Å². The maximum atomic E-state index is 11.9. The number of nitrogens with one attached hydrogen (secondary N) is 1. The normalized spacial score (nSPS) is 11.9. The second-order valence-corrected chi connectivity index (χ2v) is 4.50. The number of aliphatic carboxylic acids is 1. The Morgan fingerprint density at radius 3 is 2.70 bits per heavy atom. The fraction of sp³-hybridized carbons (Fsp3) is 0.667. The van der Waals surface area contributed by atoms with Gasteiger partial charge in [-0.15, -0.1) is 0 Å². The second-order valence-electron chi connectivity index (χ2n) is 4.50. The number of carboxylic acid groups (broad SMARTS) is 1. The highest BCUT2D eigenvalue weighted by Crippen LogP contribution is 2.01. The minimum atomic E-state index is -0.919. The summed E-state index contributed by atoms with van der Waals surface area (Å²) >= 11 is 0. The Morgan fingerprint density at radius 2 is 2.20 bits per heavy atom. The minimum absolute atomic E-state index is 0.178. The summed E-state index contributed by atoms with van der Waals surface area (Å²) in [7, 11) is 0. The van der Waals surface area contributed by atoms with Gasteiger partial charge in [-0.1, -0.05) is 12.1 Å². The number of hydrogen-bond donors (Lipinski definition) is 2. The maximum absolute atomic E-state index is 11.9. The molecule has 0 saturated heterocycles. The summed E-state index contributed by atoms with van der Waals surface area (Å²) in [4.78, 5) is 28.2. The molecule has 2 N–H and O–H groups in total. The van der Waals surface area contributed by atoms with E-state index >= 15 is 0 Å². The molecule has 20 heavy (non-hydrogen) atoms. The average Bonchev–Trinajstić information content (AvgIpc) is 2.81. The second kappa shape index (κ2) is 7.46. The number of carboxylic acids is 1. The molecule has 112 valence electrons. The van der Waals surface area contributed by atoms with Crippen molar-refractivity contribution in [2.24, 2.45) is 5.92 Å². The molecule has 0 spiro atoms. The van der Waals surface area contributed by atoms with E-state index in [0.717, 1.165) is 0 Å². The van der Waals surface area contributed by atoms with Crippen molar-refractivity contribution in [1.29, 1.82) is 0 Å². The van der Waals surface area contributed by atoms with Crippen molar-refractivity contribution >= 4 is 12.0 Å². The van der Waals surface area contributed by atoms with Crippen LogP contribution in [-0.2, 0) is 11.2 Å². The van der Waals surface area contributed by atoms with Gasteiger partial charge in [0.25, 0.3) is 0 Å². The van der Waals surface area contributed by atoms with E-state index in [9.17, 15) is 9.59 Å². The zero-order valence-corrected chi connectivity index (χ0v) is 11.9. The lowest BCUT2D eigenvalue weighted by atomic mass is 10.2. The van der Waals surface area contributed by atoms with E-state index < -0.39 is 11.9 Å². The molecular formula is C12H20N4O4. The van der Waals surface area contributed by atoms with Crippen molar-refractivity contribution in [3.63, 3.8) is 0 Å². The third kappa shape index (κ3) is 4.87. The number of aryl methyl sites for hydroxylation is 1. The first-order chi connectivity index (χ1) is 9.43. The van der Waals surface area contributed by atoms with Gasteiger partial charge in [0, 0.05) is 26.1 Å². The number of urea groups is 1. The van der Waals surface area contributed by atoms with E-state index in [0.29, 0.717) is 31.2 Å². The average molecular weight is 284 g/mol. The Labute approximate surface area is 117 Å². The summed E-state index contributed by atoms with van der Waals surface area (Å²) < 4.78 is 4.93. The van der Waals surface area contributed by atoms with Gasteiger partial charge in [-0.2, -0.15) is 4.98 Å². The molecule has 1 aromatic rings. The molecule has 1 unspecified atom stereocenters. The smallest absolute Gasteiger partial charge is 0.317 e. The van der Waals surface area contributed by atoms with Gasteiger partial charge in [0.05, 0.1) is 5.92 Å². The first kappa shape index (κ1) is 15.9. The van der Waals surface area contributed by atoms with Gasteiger partial charge in [-0.05, 0) is 13.8 Å². The largest absolute Gasteiger partial charge is 0.481 e. The number of nitrogens with zero attached hydrogens (tertiary/aromatic N) is 3. The van der Waals surface area contributed by atoms with Gasteiger partial charge in [-0.25, -0.2) is 4.79 Å². The van der Waals surface area contributed by atoms with Crippen LogP contribution in [0.5, 0.6) is 0 Å². The summed E-state index contributed by atoms with van der Waals surface area (Å²) in [5.74, 6) is -0.501. The van der Waals surface area contributed by atoms with Gasteiger partial charge < -0.3 is 19.8 Å². The number of carbonyl (C=O) groups is 2. The van der Waals surface area contributed by atoms with E-state index in [1.807, 2.05) is 0 Å². The fourth-order valence-electron chi connectivity index (χ4n) is 1.59. The highest BCUT2D eigenvalue weighted by Gasteiger charge is 2.19. The van der Waals surface area contributed by atoms with Crippen LogP contribution in [0.3, 0.4) is 0 Å². The molecule has 8 heteroatoms. The summed E-state index contributed by atoms with van der Waals surface area (Å²) in [6, 6.07) is -0.295. The lowest BCUT2D eigenvalue weighted by Crippen LogP contribution is -2.43. The molecule has 1 atom stereocenters. The molecule has 1 aromatic heterocycles. The highest BCUT2D eigenvalue weighted by molar-refractivity contribution is 5.75. The van der Waals surface area contributed by atoms with Crippen LogP contribution in [0, 0.1) is 12.8 Å². The third-order valence-corrected chi connectivity index (χ3v) is 2.77. The summed E-state index contributed by atoms with van der Waals surface area (Å²) in [6.45, 7) is 6.07. The SMILES string of the molecule is CCN(CC(C)C(=O)O)C(=O)NCCc1nc(C)no1. The van der Waals surface area contributed by atoms with Crippen molar-refractivity contribution in [2.75, 3.05) is 19.6 Å². The Hall–Kier alpha value is -2.12. The maximum Gasteiger partial charge on any atom is 0.317 e. The van der Waals surface area contributed by atoms with Crippen LogP contribution in [0.15, 0.2) is 4.52 Å². The molecule has 2 amide bonds. The predicted molar refractivity (Wildman–Crippen MR) is 70.2 cm³/mol. The Bertz CT molecular complexity index is 460. The molecule has 8 nitrogen and oxygen atoms in total. The summed E-state index contributed by atoms with van der Waals surface area (Å²) in [5.41, 5.74) is 0. The van der Waals surface area contributed by atoms with Crippen LogP contribution in [0.2, 0.25) is 0 Å². The van der Waals surface area contributed by atoms with Crippen molar-refractivity contribution in [3.05, 3.63) is 11.7 Å². The molecule has 0 aliphatic heterocycles. The molecule has 0 bridgehead atoms. The molecule has 0 saturated carbocycles. The highest BCUT2D eigenvalue weighted by atomic mass is 16.5. The van der Waals surface area contributed by atoms with Gasteiger partial charge in [0.15, 0.2) is 5.82 Å². The molecule has 0 aliphatic carbocycles. The Morgan fingerprint density at radius 1 is 1.50 bits per heavy atom. The van der Waals surface area contributed by atoms with Gasteiger partial charge in [0.1, 0.15) is 0 Å². The number of hydrogen-bond acceptors (Lipinski definition) is 5. The van der Waals surface area contributed by atoms with Crippen molar-refractivity contribution in [3.8, 4) is 0 Å². The first-order valence-corrected chi connectivity index (χ1v) is 6.48. The predicted octanol–water partition coefficient (Wildman–Crippen LogP) is 0.673. The van der Waals surface area contributed by atoms with Crippen LogP contribution in [0.4, 0.5) is 4.79 Å².